The number of hydrogen-bond donors (Lipinski definition) is 2. The van der Waals surface area contributed by atoms with Crippen molar-refractivity contribution >= 4 is 53.1 Å². The summed E-state index contributed by atoms with van der Waals surface area (Å²) in [5.41, 5.74) is 9.68. The number of rotatable bonds is 9. The van der Waals surface area contributed by atoms with Gasteiger partial charge < -0.3 is 29.2 Å². The van der Waals surface area contributed by atoms with Crippen molar-refractivity contribution in [2.45, 2.75) is 37.9 Å². The lowest BCUT2D eigenvalue weighted by atomic mass is 10.1. The Hall–Kier alpha value is -6.16. The van der Waals surface area contributed by atoms with Crippen LogP contribution in [0.3, 0.4) is 0 Å². The summed E-state index contributed by atoms with van der Waals surface area (Å²) in [6.07, 6.45) is 1.38. The fourth-order valence-corrected chi connectivity index (χ4v) is 7.95. The van der Waals surface area contributed by atoms with E-state index in [0.29, 0.717) is 69.9 Å². The summed E-state index contributed by atoms with van der Waals surface area (Å²) in [6, 6.07) is 29.0. The number of amides is 2. The Labute approximate surface area is 318 Å². The van der Waals surface area contributed by atoms with Gasteiger partial charge in [-0.3, -0.25) is 14.5 Å². The lowest BCUT2D eigenvalue weighted by molar-refractivity contribution is 0.0979. The molecule has 1 atom stereocenters. The number of para-hydroxylation sites is 2. The second-order valence-electron chi connectivity index (χ2n) is 13.6. The average molecular weight is 737 g/mol. The Morgan fingerprint density at radius 1 is 0.759 bits per heavy atom. The van der Waals surface area contributed by atoms with E-state index in [1.54, 1.807) is 37.3 Å². The van der Waals surface area contributed by atoms with Gasteiger partial charge in [0.15, 0.2) is 23.0 Å². The third-order valence-corrected chi connectivity index (χ3v) is 10.7. The fourth-order valence-electron chi connectivity index (χ4n) is 7.77. The normalized spacial score (nSPS) is 16.1. The van der Waals surface area contributed by atoms with E-state index in [9.17, 15) is 9.59 Å². The number of allylic oxidation sites excluding steroid dienone is 1. The molecule has 2 amide bonds. The summed E-state index contributed by atoms with van der Waals surface area (Å²) in [4.78, 5) is 35.8. The van der Waals surface area contributed by atoms with Gasteiger partial charge in [0, 0.05) is 42.4 Å². The Morgan fingerprint density at radius 3 is 2.13 bits per heavy atom. The van der Waals surface area contributed by atoms with Crippen LogP contribution in [0.4, 0.5) is 22.7 Å². The molecule has 0 bridgehead atoms. The second kappa shape index (κ2) is 13.7. The molecule has 4 heterocycles. The molecule has 0 fully saturated rings. The van der Waals surface area contributed by atoms with Gasteiger partial charge in [-0.05, 0) is 64.6 Å². The largest absolute Gasteiger partial charge is 0.493 e. The first-order chi connectivity index (χ1) is 26.4. The van der Waals surface area contributed by atoms with Crippen LogP contribution in [0.15, 0.2) is 102 Å². The van der Waals surface area contributed by atoms with Gasteiger partial charge in [-0.15, -0.1) is 0 Å². The zero-order valence-electron chi connectivity index (χ0n) is 29.7. The van der Waals surface area contributed by atoms with E-state index in [0.717, 1.165) is 40.0 Å². The second-order valence-corrected chi connectivity index (χ2v) is 13.9. The number of ether oxygens (including phenoxy) is 4. The van der Waals surface area contributed by atoms with Crippen molar-refractivity contribution in [1.82, 2.24) is 0 Å². The molecule has 10 nitrogen and oxygen atoms in total. The molecule has 9 rings (SSSR count). The van der Waals surface area contributed by atoms with Crippen LogP contribution in [0.25, 0.3) is 0 Å². The number of benzene rings is 5. The monoisotopic (exact) mass is 736 g/mol. The molecule has 0 unspecified atom stereocenters. The number of carbonyl (C=O) groups is 2. The standard InChI is InChI=1S/C43H36N4O6S/c1-50-38-16-32-34(44-20-30-14-28-7-3-5-9-36(28)46(30)42(32)48)18-40(38)52-22-25-11-26(13-27(12-25)24-54)23-53-41-19-35-33(17-39(41)51-2)43(49)47-31(21-45-35)15-29-8-4-6-10-37(29)47/h3-13,16-19,30,44,54H,14-15,20,22-24H2,1-2H3/t30-/m0/s1. The van der Waals surface area contributed by atoms with E-state index < -0.39 is 0 Å². The van der Waals surface area contributed by atoms with E-state index in [2.05, 4.69) is 34.9 Å². The van der Waals surface area contributed by atoms with Crippen LogP contribution < -0.4 is 34.1 Å². The number of nitrogens with one attached hydrogen (secondary N) is 1. The van der Waals surface area contributed by atoms with Crippen LogP contribution in [0.5, 0.6) is 23.0 Å². The highest BCUT2D eigenvalue weighted by molar-refractivity contribution is 7.79. The van der Waals surface area contributed by atoms with Crippen LogP contribution in [0.2, 0.25) is 0 Å². The molecule has 0 saturated carbocycles. The summed E-state index contributed by atoms with van der Waals surface area (Å²) in [7, 11) is 3.13. The summed E-state index contributed by atoms with van der Waals surface area (Å²) in [5.74, 6) is 5.25. The highest BCUT2D eigenvalue weighted by atomic mass is 32.1. The van der Waals surface area contributed by atoms with Crippen molar-refractivity contribution in [1.29, 1.82) is 0 Å². The summed E-state index contributed by atoms with van der Waals surface area (Å²) < 4.78 is 24.1. The molecule has 0 aliphatic carbocycles. The SMILES string of the molecule is COc1cc2c(cc1OCc1cc(CS)cc(COc3cc4c(cc3OC)C(=O)N3c5ccccc5C[C@H]3CN4)c1)N=C=C1Cc3ccccc3N1C2=O. The molecule has 5 aromatic rings. The first-order valence-electron chi connectivity index (χ1n) is 17.7. The molecule has 4 aliphatic rings. The molecular weight excluding hydrogens is 701 g/mol. The van der Waals surface area contributed by atoms with E-state index in [-0.39, 0.29) is 31.1 Å². The number of anilines is 3. The predicted octanol–water partition coefficient (Wildman–Crippen LogP) is 7.69. The van der Waals surface area contributed by atoms with Crippen molar-refractivity contribution in [3.8, 4) is 23.0 Å². The quantitative estimate of drug-likeness (QED) is 0.150. The Bertz CT molecular complexity index is 2440. The zero-order valence-corrected chi connectivity index (χ0v) is 30.6. The van der Waals surface area contributed by atoms with E-state index >= 15 is 0 Å². The lowest BCUT2D eigenvalue weighted by Crippen LogP contribution is -2.39. The van der Waals surface area contributed by atoms with Gasteiger partial charge >= 0.3 is 0 Å². The number of thiol groups is 1. The van der Waals surface area contributed by atoms with Crippen molar-refractivity contribution in [2.75, 3.05) is 35.9 Å². The van der Waals surface area contributed by atoms with Gasteiger partial charge in [-0.2, -0.15) is 12.6 Å². The smallest absolute Gasteiger partial charge is 0.265 e. The first-order valence-corrected chi connectivity index (χ1v) is 18.4. The van der Waals surface area contributed by atoms with Gasteiger partial charge in [0.25, 0.3) is 11.8 Å². The number of nitrogens with zero attached hydrogens (tertiary/aromatic N) is 3. The topological polar surface area (TPSA) is 102 Å². The highest BCUT2D eigenvalue weighted by Crippen LogP contribution is 2.43. The Balaban J connectivity index is 0.938. The maximum absolute atomic E-state index is 13.9. The molecule has 5 aromatic carbocycles. The van der Waals surface area contributed by atoms with Crippen LogP contribution in [0.1, 0.15) is 48.5 Å². The Kier molecular flexibility index (Phi) is 8.52. The molecule has 0 aromatic heterocycles. The molecule has 1 N–H and O–H groups in total. The van der Waals surface area contributed by atoms with Crippen molar-refractivity contribution in [2.24, 2.45) is 4.99 Å². The maximum Gasteiger partial charge on any atom is 0.265 e. The molecule has 0 saturated heterocycles. The van der Waals surface area contributed by atoms with Gasteiger partial charge in [-0.1, -0.05) is 48.5 Å². The third kappa shape index (κ3) is 5.82. The highest BCUT2D eigenvalue weighted by Gasteiger charge is 2.38. The van der Waals surface area contributed by atoms with Crippen LogP contribution in [-0.2, 0) is 31.8 Å². The third-order valence-electron chi connectivity index (χ3n) is 10.3. The first kappa shape index (κ1) is 33.7. The predicted molar refractivity (Wildman–Crippen MR) is 211 cm³/mol. The molecule has 11 heteroatoms. The molecule has 4 aliphatic heterocycles. The molecule has 54 heavy (non-hydrogen) atoms. The van der Waals surface area contributed by atoms with E-state index in [1.165, 1.54) is 5.56 Å². The summed E-state index contributed by atoms with van der Waals surface area (Å²) in [6.45, 7) is 1.08. The summed E-state index contributed by atoms with van der Waals surface area (Å²) >= 11 is 4.56. The van der Waals surface area contributed by atoms with E-state index in [1.807, 2.05) is 71.6 Å². The number of hydrogen-bond acceptors (Lipinski definition) is 9. The summed E-state index contributed by atoms with van der Waals surface area (Å²) in [5, 5.41) is 3.49. The van der Waals surface area contributed by atoms with Crippen molar-refractivity contribution in [3.05, 3.63) is 136 Å². The van der Waals surface area contributed by atoms with Crippen LogP contribution >= 0.6 is 12.6 Å². The van der Waals surface area contributed by atoms with Crippen molar-refractivity contribution in [3.63, 3.8) is 0 Å². The number of aliphatic imine (C=N–C) groups is 1. The van der Waals surface area contributed by atoms with Gasteiger partial charge in [-0.25, -0.2) is 4.99 Å². The number of fused-ring (bicyclic) bond motifs is 8. The van der Waals surface area contributed by atoms with E-state index in [4.69, 9.17) is 18.9 Å². The molecule has 0 radical (unpaired) electrons. The number of methoxy groups -OCH3 is 2. The minimum Gasteiger partial charge on any atom is -0.493 e. The zero-order chi connectivity index (χ0) is 36.9. The lowest BCUT2D eigenvalue weighted by Gasteiger charge is -2.22. The van der Waals surface area contributed by atoms with Crippen molar-refractivity contribution < 1.29 is 28.5 Å². The Morgan fingerprint density at radius 2 is 1.41 bits per heavy atom. The fraction of sp³-hybridized carbons (Fsp3) is 0.209. The molecular formula is C43H36N4O6S. The van der Waals surface area contributed by atoms with Gasteiger partial charge in [0.05, 0.1) is 54.1 Å². The van der Waals surface area contributed by atoms with Crippen LogP contribution in [-0.4, -0.2) is 44.5 Å². The minimum absolute atomic E-state index is 0.0245. The average Bonchev–Trinajstić information content (AvgIpc) is 3.70. The maximum atomic E-state index is 13.9. The van der Waals surface area contributed by atoms with Gasteiger partial charge in [0.2, 0.25) is 0 Å². The number of carbonyl (C=O) groups excluding carboxylic acids is 2. The minimum atomic E-state index is -0.186. The molecule has 270 valence electrons. The van der Waals surface area contributed by atoms with Gasteiger partial charge in [0.1, 0.15) is 13.2 Å². The molecule has 0 spiro atoms. The van der Waals surface area contributed by atoms with Crippen LogP contribution in [0, 0.1) is 0 Å².